The van der Waals surface area contributed by atoms with Crippen LogP contribution in [0, 0.1) is 0 Å². The van der Waals surface area contributed by atoms with E-state index in [1.165, 1.54) is 11.0 Å². The van der Waals surface area contributed by atoms with E-state index in [1.54, 1.807) is 38.4 Å². The number of amides is 1. The Bertz CT molecular complexity index is 804. The van der Waals surface area contributed by atoms with E-state index in [4.69, 9.17) is 21.1 Å². The molecule has 26 heavy (non-hydrogen) atoms. The van der Waals surface area contributed by atoms with Crippen molar-refractivity contribution in [2.75, 3.05) is 20.8 Å². The van der Waals surface area contributed by atoms with Gasteiger partial charge in [0.1, 0.15) is 5.75 Å². The molecule has 0 aromatic heterocycles. The van der Waals surface area contributed by atoms with E-state index in [0.717, 1.165) is 11.1 Å². The maximum absolute atomic E-state index is 12.1. The largest absolute Gasteiger partial charge is 0.496 e. The van der Waals surface area contributed by atoms with Crippen LogP contribution in [0.2, 0.25) is 5.02 Å². The van der Waals surface area contributed by atoms with E-state index < -0.39 is 5.97 Å². The molecule has 2 aromatic rings. The Balaban J connectivity index is 1.84. The number of rotatable bonds is 7. The van der Waals surface area contributed by atoms with E-state index in [0.29, 0.717) is 17.3 Å². The van der Waals surface area contributed by atoms with Gasteiger partial charge < -0.3 is 14.4 Å². The molecular weight excluding hydrogens is 354 g/mol. The predicted octanol–water partition coefficient (Wildman–Crippen LogP) is 3.56. The molecule has 0 aliphatic heterocycles. The predicted molar refractivity (Wildman–Crippen MR) is 101 cm³/mol. The van der Waals surface area contributed by atoms with Gasteiger partial charge in [0.25, 0.3) is 5.91 Å². The molecular formula is C20H20ClNO4. The average Bonchev–Trinajstić information content (AvgIpc) is 2.64. The molecule has 6 heteroatoms. The zero-order valence-electron chi connectivity index (χ0n) is 14.6. The van der Waals surface area contributed by atoms with Crippen LogP contribution in [0.5, 0.6) is 5.75 Å². The van der Waals surface area contributed by atoms with E-state index in [1.807, 2.05) is 30.3 Å². The first-order valence-corrected chi connectivity index (χ1v) is 8.33. The van der Waals surface area contributed by atoms with E-state index in [9.17, 15) is 9.59 Å². The van der Waals surface area contributed by atoms with Gasteiger partial charge in [0, 0.05) is 30.3 Å². The van der Waals surface area contributed by atoms with Crippen LogP contribution in [-0.4, -0.2) is 37.5 Å². The summed E-state index contributed by atoms with van der Waals surface area (Å²) in [6, 6.07) is 14.5. The number of esters is 1. The zero-order valence-corrected chi connectivity index (χ0v) is 15.4. The van der Waals surface area contributed by atoms with Gasteiger partial charge in [-0.15, -0.1) is 0 Å². The topological polar surface area (TPSA) is 55.8 Å². The first kappa shape index (κ1) is 19.5. The number of hydrogen-bond donors (Lipinski definition) is 0. The van der Waals surface area contributed by atoms with Crippen LogP contribution in [0.15, 0.2) is 54.6 Å². The lowest BCUT2D eigenvalue weighted by molar-refractivity contribution is -0.147. The van der Waals surface area contributed by atoms with Crippen molar-refractivity contribution in [3.63, 3.8) is 0 Å². The summed E-state index contributed by atoms with van der Waals surface area (Å²) in [5, 5.41) is 0.577. The van der Waals surface area contributed by atoms with Crippen molar-refractivity contribution in [3.8, 4) is 5.75 Å². The van der Waals surface area contributed by atoms with Crippen molar-refractivity contribution in [1.29, 1.82) is 0 Å². The Kier molecular flexibility index (Phi) is 7.24. The lowest BCUT2D eigenvalue weighted by atomic mass is 10.2. The fourth-order valence-electron chi connectivity index (χ4n) is 2.24. The highest BCUT2D eigenvalue weighted by Crippen LogP contribution is 2.18. The summed E-state index contributed by atoms with van der Waals surface area (Å²) >= 11 is 5.88. The standard InChI is InChI=1S/C20H20ClNO4/c1-22(13-16-7-3-4-9-18(16)25-2)19(23)14-26-20(24)11-10-15-6-5-8-17(21)12-15/h3-12H,13-14H2,1-2H3/b11-10+. The Morgan fingerprint density at radius 3 is 2.65 bits per heavy atom. The van der Waals surface area contributed by atoms with Gasteiger partial charge >= 0.3 is 5.97 Å². The number of likely N-dealkylation sites (N-methyl/N-ethyl adjacent to an activating group) is 1. The Labute approximate surface area is 157 Å². The monoisotopic (exact) mass is 373 g/mol. The molecule has 0 saturated carbocycles. The summed E-state index contributed by atoms with van der Waals surface area (Å²) in [7, 11) is 3.22. The molecule has 136 valence electrons. The van der Waals surface area contributed by atoms with Crippen LogP contribution < -0.4 is 4.74 Å². The molecule has 0 bridgehead atoms. The smallest absolute Gasteiger partial charge is 0.331 e. The second kappa shape index (κ2) is 9.63. The maximum atomic E-state index is 12.1. The number of para-hydroxylation sites is 1. The molecule has 0 spiro atoms. The molecule has 2 aromatic carbocycles. The van der Waals surface area contributed by atoms with Gasteiger partial charge in [-0.3, -0.25) is 4.79 Å². The fourth-order valence-corrected chi connectivity index (χ4v) is 2.44. The third-order valence-electron chi connectivity index (χ3n) is 3.62. The molecule has 0 aliphatic carbocycles. The van der Waals surface area contributed by atoms with Crippen molar-refractivity contribution < 1.29 is 19.1 Å². The lowest BCUT2D eigenvalue weighted by Gasteiger charge is -2.18. The second-order valence-corrected chi connectivity index (χ2v) is 5.99. The summed E-state index contributed by atoms with van der Waals surface area (Å²) < 4.78 is 10.3. The van der Waals surface area contributed by atoms with E-state index in [2.05, 4.69) is 0 Å². The molecule has 0 aliphatic rings. The van der Waals surface area contributed by atoms with E-state index in [-0.39, 0.29) is 12.5 Å². The zero-order chi connectivity index (χ0) is 18.9. The van der Waals surface area contributed by atoms with Gasteiger partial charge in [-0.2, -0.15) is 0 Å². The summed E-state index contributed by atoms with van der Waals surface area (Å²) in [4.78, 5) is 25.4. The van der Waals surface area contributed by atoms with Gasteiger partial charge in [-0.25, -0.2) is 4.79 Å². The minimum absolute atomic E-state index is 0.305. The van der Waals surface area contributed by atoms with Crippen LogP contribution in [0.3, 0.4) is 0 Å². The van der Waals surface area contributed by atoms with Gasteiger partial charge in [0.05, 0.1) is 7.11 Å². The molecule has 0 radical (unpaired) electrons. The highest BCUT2D eigenvalue weighted by Gasteiger charge is 2.13. The average molecular weight is 374 g/mol. The van der Waals surface area contributed by atoms with Gasteiger partial charge in [-0.05, 0) is 29.8 Å². The molecule has 2 rings (SSSR count). The van der Waals surface area contributed by atoms with Gasteiger partial charge in [0.15, 0.2) is 6.61 Å². The van der Waals surface area contributed by atoms with Gasteiger partial charge in [-0.1, -0.05) is 41.9 Å². The van der Waals surface area contributed by atoms with Crippen LogP contribution in [0.1, 0.15) is 11.1 Å². The quantitative estimate of drug-likeness (QED) is 0.550. The Morgan fingerprint density at radius 2 is 1.92 bits per heavy atom. The lowest BCUT2D eigenvalue weighted by Crippen LogP contribution is -2.30. The summed E-state index contributed by atoms with van der Waals surface area (Å²) in [6.45, 7) is 0.0309. The number of carbonyl (C=O) groups is 2. The Morgan fingerprint density at radius 1 is 1.15 bits per heavy atom. The summed E-state index contributed by atoms with van der Waals surface area (Å²) in [5.41, 5.74) is 1.65. The van der Waals surface area contributed by atoms with Crippen molar-refractivity contribution in [2.24, 2.45) is 0 Å². The first-order chi connectivity index (χ1) is 12.5. The van der Waals surface area contributed by atoms with Crippen molar-refractivity contribution in [1.82, 2.24) is 4.90 Å². The summed E-state index contributed by atoms with van der Waals surface area (Å²) in [6.07, 6.45) is 2.84. The minimum atomic E-state index is -0.594. The normalized spacial score (nSPS) is 10.6. The summed E-state index contributed by atoms with van der Waals surface area (Å²) in [5.74, 6) is -0.196. The molecule has 0 unspecified atom stereocenters. The van der Waals surface area contributed by atoms with E-state index >= 15 is 0 Å². The molecule has 0 fully saturated rings. The molecule has 0 heterocycles. The fraction of sp³-hybridized carbons (Fsp3) is 0.200. The number of carbonyl (C=O) groups excluding carboxylic acids is 2. The number of hydrogen-bond acceptors (Lipinski definition) is 4. The van der Waals surface area contributed by atoms with Crippen LogP contribution in [0.25, 0.3) is 6.08 Å². The van der Waals surface area contributed by atoms with Crippen molar-refractivity contribution in [2.45, 2.75) is 6.54 Å². The highest BCUT2D eigenvalue weighted by molar-refractivity contribution is 6.30. The SMILES string of the molecule is COc1ccccc1CN(C)C(=O)COC(=O)/C=C/c1cccc(Cl)c1. The number of nitrogens with zero attached hydrogens (tertiary/aromatic N) is 1. The number of halogens is 1. The Hall–Kier alpha value is -2.79. The van der Waals surface area contributed by atoms with Crippen molar-refractivity contribution in [3.05, 3.63) is 70.8 Å². The number of methoxy groups -OCH3 is 1. The maximum Gasteiger partial charge on any atom is 0.331 e. The third kappa shape index (κ3) is 5.93. The number of benzene rings is 2. The molecule has 0 N–H and O–H groups in total. The first-order valence-electron chi connectivity index (χ1n) is 7.96. The van der Waals surface area contributed by atoms with Crippen LogP contribution in [-0.2, 0) is 20.9 Å². The minimum Gasteiger partial charge on any atom is -0.496 e. The molecule has 5 nitrogen and oxygen atoms in total. The highest BCUT2D eigenvalue weighted by atomic mass is 35.5. The number of ether oxygens (including phenoxy) is 2. The molecule has 1 amide bonds. The van der Waals surface area contributed by atoms with Crippen molar-refractivity contribution >= 4 is 29.6 Å². The van der Waals surface area contributed by atoms with Crippen LogP contribution in [0.4, 0.5) is 0 Å². The third-order valence-corrected chi connectivity index (χ3v) is 3.86. The molecule has 0 saturated heterocycles. The van der Waals surface area contributed by atoms with Gasteiger partial charge in [0.2, 0.25) is 0 Å². The second-order valence-electron chi connectivity index (χ2n) is 5.56. The van der Waals surface area contributed by atoms with Crippen LogP contribution >= 0.6 is 11.6 Å². The molecule has 0 atom stereocenters.